The SMILES string of the molecule is C=CCNC(=O)NC(=O)CSc1nnc(N(C(C)=O)C2CC2)s1. The van der Waals surface area contributed by atoms with Crippen molar-refractivity contribution in [1.82, 2.24) is 20.8 Å². The first kappa shape index (κ1) is 17.4. The quantitative estimate of drug-likeness (QED) is 0.432. The van der Waals surface area contributed by atoms with Crippen LogP contribution in [0.1, 0.15) is 19.8 Å². The van der Waals surface area contributed by atoms with Crippen LogP contribution in [-0.4, -0.2) is 46.4 Å². The molecule has 8 nitrogen and oxygen atoms in total. The molecule has 0 aliphatic heterocycles. The second-order valence-electron chi connectivity index (χ2n) is 4.81. The lowest BCUT2D eigenvalue weighted by atomic mass is 10.5. The highest BCUT2D eigenvalue weighted by atomic mass is 32.2. The molecule has 0 radical (unpaired) electrons. The molecule has 1 aliphatic carbocycles. The molecule has 1 aromatic heterocycles. The third-order valence-corrected chi connectivity index (χ3v) is 4.90. The number of carbonyl (C=O) groups excluding carboxylic acids is 3. The van der Waals surface area contributed by atoms with Gasteiger partial charge >= 0.3 is 6.03 Å². The zero-order valence-electron chi connectivity index (χ0n) is 12.6. The zero-order valence-corrected chi connectivity index (χ0v) is 14.2. The minimum Gasteiger partial charge on any atom is -0.334 e. The second kappa shape index (κ2) is 8.06. The Labute approximate surface area is 141 Å². The number of thioether (sulfide) groups is 1. The van der Waals surface area contributed by atoms with Crippen LogP contribution in [0.3, 0.4) is 0 Å². The predicted molar refractivity (Wildman–Crippen MR) is 88.6 cm³/mol. The number of nitrogens with zero attached hydrogens (tertiary/aromatic N) is 3. The molecule has 1 saturated carbocycles. The van der Waals surface area contributed by atoms with Gasteiger partial charge in [0.05, 0.1) is 5.75 Å². The third kappa shape index (κ3) is 5.32. The summed E-state index contributed by atoms with van der Waals surface area (Å²) >= 11 is 2.44. The molecule has 0 atom stereocenters. The second-order valence-corrected chi connectivity index (χ2v) is 6.98. The third-order valence-electron chi connectivity index (χ3n) is 2.84. The summed E-state index contributed by atoms with van der Waals surface area (Å²) in [5.41, 5.74) is 0. The topological polar surface area (TPSA) is 104 Å². The molecule has 0 unspecified atom stereocenters. The largest absolute Gasteiger partial charge is 0.334 e. The van der Waals surface area contributed by atoms with Crippen molar-refractivity contribution >= 4 is 46.1 Å². The average molecular weight is 355 g/mol. The molecule has 124 valence electrons. The van der Waals surface area contributed by atoms with E-state index in [0.29, 0.717) is 9.47 Å². The van der Waals surface area contributed by atoms with Crippen LogP contribution < -0.4 is 15.5 Å². The van der Waals surface area contributed by atoms with Crippen LogP contribution >= 0.6 is 23.1 Å². The van der Waals surface area contributed by atoms with E-state index in [-0.39, 0.29) is 24.2 Å². The first-order valence-corrected chi connectivity index (χ1v) is 8.76. The van der Waals surface area contributed by atoms with Crippen LogP contribution in [0.15, 0.2) is 17.0 Å². The fraction of sp³-hybridized carbons (Fsp3) is 0.462. The maximum atomic E-state index is 11.7. The number of imide groups is 1. The van der Waals surface area contributed by atoms with Gasteiger partial charge in [0, 0.05) is 19.5 Å². The zero-order chi connectivity index (χ0) is 16.8. The Kier molecular flexibility index (Phi) is 6.11. The van der Waals surface area contributed by atoms with Crippen molar-refractivity contribution in [2.75, 3.05) is 17.2 Å². The van der Waals surface area contributed by atoms with E-state index in [1.165, 1.54) is 36.1 Å². The molecule has 4 amide bonds. The predicted octanol–water partition coefficient (Wildman–Crippen LogP) is 1.16. The van der Waals surface area contributed by atoms with Gasteiger partial charge in [0.2, 0.25) is 16.9 Å². The van der Waals surface area contributed by atoms with Gasteiger partial charge in [-0.15, -0.1) is 16.8 Å². The highest BCUT2D eigenvalue weighted by Gasteiger charge is 2.34. The molecule has 0 saturated heterocycles. The summed E-state index contributed by atoms with van der Waals surface area (Å²) in [5.74, 6) is -0.449. The maximum Gasteiger partial charge on any atom is 0.321 e. The lowest BCUT2D eigenvalue weighted by molar-refractivity contribution is -0.118. The Bertz CT molecular complexity index is 615. The Morgan fingerprint density at radius 1 is 1.43 bits per heavy atom. The molecule has 1 aliphatic rings. The van der Waals surface area contributed by atoms with Crippen molar-refractivity contribution in [2.24, 2.45) is 0 Å². The van der Waals surface area contributed by atoms with Crippen LogP contribution in [-0.2, 0) is 9.59 Å². The number of carbonyl (C=O) groups is 3. The van der Waals surface area contributed by atoms with E-state index in [9.17, 15) is 14.4 Å². The van der Waals surface area contributed by atoms with E-state index in [2.05, 4.69) is 27.4 Å². The summed E-state index contributed by atoms with van der Waals surface area (Å²) in [7, 11) is 0. The highest BCUT2D eigenvalue weighted by molar-refractivity contribution is 8.01. The minimum atomic E-state index is -0.565. The summed E-state index contributed by atoms with van der Waals surface area (Å²) in [5, 5.41) is 13.2. The molecule has 2 N–H and O–H groups in total. The van der Waals surface area contributed by atoms with Crippen molar-refractivity contribution in [2.45, 2.75) is 30.1 Å². The van der Waals surface area contributed by atoms with Gasteiger partial charge in [0.15, 0.2) is 4.34 Å². The normalized spacial score (nSPS) is 13.3. The van der Waals surface area contributed by atoms with Crippen LogP contribution in [0, 0.1) is 0 Å². The van der Waals surface area contributed by atoms with Crippen LogP contribution in [0.2, 0.25) is 0 Å². The van der Waals surface area contributed by atoms with Crippen LogP contribution in [0.5, 0.6) is 0 Å². The molecule has 0 aromatic carbocycles. The van der Waals surface area contributed by atoms with Crippen LogP contribution in [0.25, 0.3) is 0 Å². The summed E-state index contributed by atoms with van der Waals surface area (Å²) in [6, 6.07) is -0.347. The van der Waals surface area contributed by atoms with E-state index in [1.807, 2.05) is 0 Å². The summed E-state index contributed by atoms with van der Waals surface area (Å²) in [6.45, 7) is 5.25. The number of amides is 4. The van der Waals surface area contributed by atoms with Gasteiger partial charge in [0.25, 0.3) is 0 Å². The van der Waals surface area contributed by atoms with Gasteiger partial charge in [-0.3, -0.25) is 19.8 Å². The minimum absolute atomic E-state index is 0.0413. The molecule has 0 bridgehead atoms. The standard InChI is InChI=1S/C13H17N5O3S2/c1-3-6-14-11(21)15-10(20)7-22-13-17-16-12(23-13)18(8(2)19)9-4-5-9/h3,9H,1,4-7H2,2H3,(H2,14,15,20,21). The lowest BCUT2D eigenvalue weighted by Crippen LogP contribution is -2.40. The van der Waals surface area contributed by atoms with Crippen molar-refractivity contribution in [3.8, 4) is 0 Å². The number of hydrogen-bond acceptors (Lipinski definition) is 7. The van der Waals surface area contributed by atoms with Crippen molar-refractivity contribution in [3.63, 3.8) is 0 Å². The first-order chi connectivity index (χ1) is 11.0. The molecule has 2 rings (SSSR count). The monoisotopic (exact) mass is 355 g/mol. The molecule has 23 heavy (non-hydrogen) atoms. The molecule has 0 spiro atoms. The van der Waals surface area contributed by atoms with Crippen molar-refractivity contribution in [3.05, 3.63) is 12.7 Å². The molecular formula is C13H17N5O3S2. The lowest BCUT2D eigenvalue weighted by Gasteiger charge is -2.15. The smallest absolute Gasteiger partial charge is 0.321 e. The van der Waals surface area contributed by atoms with Crippen molar-refractivity contribution in [1.29, 1.82) is 0 Å². The van der Waals surface area contributed by atoms with E-state index in [1.54, 1.807) is 4.90 Å². The molecule has 1 heterocycles. The average Bonchev–Trinajstić information content (AvgIpc) is 3.21. The van der Waals surface area contributed by atoms with E-state index in [4.69, 9.17) is 0 Å². The van der Waals surface area contributed by atoms with E-state index < -0.39 is 11.9 Å². The summed E-state index contributed by atoms with van der Waals surface area (Å²) in [4.78, 5) is 36.2. The van der Waals surface area contributed by atoms with Gasteiger partial charge in [-0.25, -0.2) is 4.79 Å². The maximum absolute atomic E-state index is 11.7. The van der Waals surface area contributed by atoms with Gasteiger partial charge < -0.3 is 5.32 Å². The van der Waals surface area contributed by atoms with Crippen molar-refractivity contribution < 1.29 is 14.4 Å². The number of hydrogen-bond donors (Lipinski definition) is 2. The molecule has 10 heteroatoms. The first-order valence-electron chi connectivity index (χ1n) is 6.96. The van der Waals surface area contributed by atoms with Gasteiger partial charge in [0.1, 0.15) is 0 Å². The fourth-order valence-electron chi connectivity index (χ4n) is 1.74. The fourth-order valence-corrected chi connectivity index (χ4v) is 3.49. The molecular weight excluding hydrogens is 338 g/mol. The number of aromatic nitrogens is 2. The number of anilines is 1. The Morgan fingerprint density at radius 3 is 2.78 bits per heavy atom. The highest BCUT2D eigenvalue weighted by Crippen LogP contribution is 2.35. The van der Waals surface area contributed by atoms with E-state index in [0.717, 1.165) is 12.8 Å². The Morgan fingerprint density at radius 2 is 2.17 bits per heavy atom. The number of nitrogens with one attached hydrogen (secondary N) is 2. The number of urea groups is 1. The summed E-state index contributed by atoms with van der Waals surface area (Å²) in [6.07, 6.45) is 3.47. The Hall–Kier alpha value is -1.94. The van der Waals surface area contributed by atoms with Gasteiger partial charge in [-0.05, 0) is 12.8 Å². The molecule has 1 aromatic rings. The van der Waals surface area contributed by atoms with E-state index >= 15 is 0 Å². The summed E-state index contributed by atoms with van der Waals surface area (Å²) < 4.78 is 0.577. The molecule has 1 fully saturated rings. The Balaban J connectivity index is 1.82. The number of rotatable bonds is 7. The van der Waals surface area contributed by atoms with Gasteiger partial charge in [-0.2, -0.15) is 0 Å². The van der Waals surface area contributed by atoms with Gasteiger partial charge in [-0.1, -0.05) is 29.2 Å². The van der Waals surface area contributed by atoms with Crippen LogP contribution in [0.4, 0.5) is 9.93 Å².